The van der Waals surface area contributed by atoms with Crippen LogP contribution in [-0.2, 0) is 14.3 Å². The number of hydrogen-bond donors (Lipinski definition) is 1. The Balaban J connectivity index is 2.09. The zero-order valence-corrected chi connectivity index (χ0v) is 10.7. The smallest absolute Gasteiger partial charge is 0.326 e. The van der Waals surface area contributed by atoms with Crippen LogP contribution in [0.15, 0.2) is 24.3 Å². The third kappa shape index (κ3) is 2.37. The molecule has 0 bridgehead atoms. The second-order valence-corrected chi connectivity index (χ2v) is 4.28. The number of ether oxygens (including phenoxy) is 1. The highest BCUT2D eigenvalue weighted by atomic mass is 16.5. The Kier molecular flexibility index (Phi) is 3.51. The largest absolute Gasteiger partial charge is 0.451 e. The molecule has 1 aromatic rings. The fourth-order valence-corrected chi connectivity index (χ4v) is 1.80. The van der Waals surface area contributed by atoms with Gasteiger partial charge in [0.05, 0.1) is 11.1 Å². The molecule has 0 saturated heterocycles. The monoisotopic (exact) mass is 276 g/mol. The van der Waals surface area contributed by atoms with E-state index in [0.29, 0.717) is 0 Å². The molecule has 0 aliphatic carbocycles. The van der Waals surface area contributed by atoms with Gasteiger partial charge in [0.25, 0.3) is 17.7 Å². The quantitative estimate of drug-likeness (QED) is 0.600. The van der Waals surface area contributed by atoms with Crippen molar-refractivity contribution in [2.24, 2.45) is 5.73 Å². The second-order valence-electron chi connectivity index (χ2n) is 4.28. The van der Waals surface area contributed by atoms with E-state index in [1.54, 1.807) is 12.1 Å². The Morgan fingerprint density at radius 2 is 1.70 bits per heavy atom. The van der Waals surface area contributed by atoms with E-state index in [2.05, 4.69) is 0 Å². The van der Waals surface area contributed by atoms with Gasteiger partial charge in [0.1, 0.15) is 6.54 Å². The van der Waals surface area contributed by atoms with E-state index in [1.807, 2.05) is 0 Å². The topological polar surface area (TPSA) is 107 Å². The van der Waals surface area contributed by atoms with Crippen LogP contribution in [0.25, 0.3) is 0 Å². The average molecular weight is 276 g/mol. The summed E-state index contributed by atoms with van der Waals surface area (Å²) in [7, 11) is 0. The van der Waals surface area contributed by atoms with Crippen molar-refractivity contribution in [2.45, 2.75) is 13.0 Å². The molecule has 1 aromatic carbocycles. The number of nitrogens with two attached hydrogens (primary N) is 1. The molecular formula is C13H12N2O5. The maximum absolute atomic E-state index is 12.0. The number of hydrogen-bond acceptors (Lipinski definition) is 5. The first-order valence-corrected chi connectivity index (χ1v) is 5.86. The van der Waals surface area contributed by atoms with Gasteiger partial charge in [-0.25, -0.2) is 0 Å². The molecule has 0 fully saturated rings. The number of imide groups is 1. The van der Waals surface area contributed by atoms with E-state index in [9.17, 15) is 19.2 Å². The molecule has 0 aromatic heterocycles. The van der Waals surface area contributed by atoms with Gasteiger partial charge in [-0.3, -0.25) is 24.1 Å². The van der Waals surface area contributed by atoms with Crippen LogP contribution >= 0.6 is 0 Å². The lowest BCUT2D eigenvalue weighted by atomic mass is 10.1. The highest BCUT2D eigenvalue weighted by Gasteiger charge is 2.36. The second kappa shape index (κ2) is 5.12. The molecule has 0 saturated carbocycles. The van der Waals surface area contributed by atoms with Gasteiger partial charge in [-0.1, -0.05) is 12.1 Å². The summed E-state index contributed by atoms with van der Waals surface area (Å²) < 4.78 is 4.71. The van der Waals surface area contributed by atoms with Crippen molar-refractivity contribution in [1.29, 1.82) is 0 Å². The van der Waals surface area contributed by atoms with Gasteiger partial charge < -0.3 is 10.5 Å². The van der Waals surface area contributed by atoms with E-state index >= 15 is 0 Å². The standard InChI is InChI=1S/C13H12N2O5/c1-7(11(14)17)20-10(16)6-15-12(18)8-4-2-3-5-9(8)13(15)19/h2-5,7H,6H2,1H3,(H2,14,17). The first-order valence-electron chi connectivity index (χ1n) is 5.86. The molecule has 2 rings (SSSR count). The maximum Gasteiger partial charge on any atom is 0.326 e. The number of amides is 3. The van der Waals surface area contributed by atoms with Gasteiger partial charge in [-0.15, -0.1) is 0 Å². The van der Waals surface area contributed by atoms with Gasteiger partial charge >= 0.3 is 5.97 Å². The Labute approximate surface area is 114 Å². The van der Waals surface area contributed by atoms with Crippen LogP contribution in [0.5, 0.6) is 0 Å². The van der Waals surface area contributed by atoms with E-state index < -0.39 is 36.3 Å². The van der Waals surface area contributed by atoms with Gasteiger partial charge in [0.2, 0.25) is 0 Å². The van der Waals surface area contributed by atoms with E-state index in [1.165, 1.54) is 19.1 Å². The molecule has 1 atom stereocenters. The molecule has 0 radical (unpaired) electrons. The van der Waals surface area contributed by atoms with Crippen LogP contribution in [0.2, 0.25) is 0 Å². The van der Waals surface area contributed by atoms with Crippen molar-refractivity contribution in [1.82, 2.24) is 4.90 Å². The number of nitrogens with zero attached hydrogens (tertiary/aromatic N) is 1. The summed E-state index contributed by atoms with van der Waals surface area (Å²) in [5.41, 5.74) is 5.44. The maximum atomic E-state index is 12.0. The van der Waals surface area contributed by atoms with Crippen molar-refractivity contribution in [3.8, 4) is 0 Å². The van der Waals surface area contributed by atoms with Crippen molar-refractivity contribution < 1.29 is 23.9 Å². The van der Waals surface area contributed by atoms with Crippen molar-refractivity contribution >= 4 is 23.7 Å². The number of primary amides is 1. The summed E-state index contributed by atoms with van der Waals surface area (Å²) in [4.78, 5) is 47.1. The summed E-state index contributed by atoms with van der Waals surface area (Å²) >= 11 is 0. The van der Waals surface area contributed by atoms with Crippen LogP contribution in [0.3, 0.4) is 0 Å². The molecule has 20 heavy (non-hydrogen) atoms. The summed E-state index contributed by atoms with van der Waals surface area (Å²) in [6, 6.07) is 6.27. The van der Waals surface area contributed by atoms with E-state index in [4.69, 9.17) is 10.5 Å². The third-order valence-electron chi connectivity index (χ3n) is 2.87. The SMILES string of the molecule is CC(OC(=O)CN1C(=O)c2ccccc2C1=O)C(N)=O. The zero-order chi connectivity index (χ0) is 14.9. The summed E-state index contributed by atoms with van der Waals surface area (Å²) in [6.45, 7) is 0.757. The first kappa shape index (κ1) is 13.7. The lowest BCUT2D eigenvalue weighted by Gasteiger charge is -2.14. The fourth-order valence-electron chi connectivity index (χ4n) is 1.80. The molecular weight excluding hydrogens is 264 g/mol. The summed E-state index contributed by atoms with van der Waals surface area (Å²) in [5.74, 6) is -2.80. The van der Waals surface area contributed by atoms with Crippen molar-refractivity contribution in [2.75, 3.05) is 6.54 Å². The first-order chi connectivity index (χ1) is 9.41. The Morgan fingerprint density at radius 1 is 1.20 bits per heavy atom. The predicted octanol–water partition coefficient (Wildman–Crippen LogP) is -0.300. The summed E-state index contributed by atoms with van der Waals surface area (Å²) in [5, 5.41) is 0. The number of carbonyl (C=O) groups excluding carboxylic acids is 4. The number of carbonyl (C=O) groups is 4. The van der Waals surface area contributed by atoms with Crippen LogP contribution in [0, 0.1) is 0 Å². The molecule has 7 heteroatoms. The van der Waals surface area contributed by atoms with Gasteiger partial charge in [-0.05, 0) is 19.1 Å². The lowest BCUT2D eigenvalue weighted by Crippen LogP contribution is -2.38. The average Bonchev–Trinajstić information content (AvgIpc) is 2.64. The minimum atomic E-state index is -1.11. The minimum absolute atomic E-state index is 0.244. The number of benzene rings is 1. The van der Waals surface area contributed by atoms with Crippen LogP contribution in [0.1, 0.15) is 27.6 Å². The van der Waals surface area contributed by atoms with Crippen LogP contribution < -0.4 is 5.73 Å². The van der Waals surface area contributed by atoms with Crippen LogP contribution in [-0.4, -0.2) is 41.2 Å². The van der Waals surface area contributed by atoms with E-state index in [-0.39, 0.29) is 11.1 Å². The zero-order valence-electron chi connectivity index (χ0n) is 10.7. The van der Waals surface area contributed by atoms with Gasteiger partial charge in [0.15, 0.2) is 6.10 Å². The minimum Gasteiger partial charge on any atom is -0.451 e. The Bertz CT molecular complexity index is 576. The van der Waals surface area contributed by atoms with Crippen molar-refractivity contribution in [3.63, 3.8) is 0 Å². The Morgan fingerprint density at radius 3 is 2.15 bits per heavy atom. The highest BCUT2D eigenvalue weighted by Crippen LogP contribution is 2.22. The molecule has 104 valence electrons. The number of fused-ring (bicyclic) bond motifs is 1. The lowest BCUT2D eigenvalue weighted by molar-refractivity contribution is -0.153. The molecule has 2 N–H and O–H groups in total. The molecule has 7 nitrogen and oxygen atoms in total. The molecule has 3 amide bonds. The van der Waals surface area contributed by atoms with Gasteiger partial charge in [0, 0.05) is 0 Å². The molecule has 1 unspecified atom stereocenters. The number of rotatable bonds is 4. The predicted molar refractivity (Wildman–Crippen MR) is 66.6 cm³/mol. The molecule has 1 aliphatic rings. The molecule has 0 spiro atoms. The molecule has 1 heterocycles. The Hall–Kier alpha value is -2.70. The third-order valence-corrected chi connectivity index (χ3v) is 2.87. The highest BCUT2D eigenvalue weighted by molar-refractivity contribution is 6.22. The van der Waals surface area contributed by atoms with Gasteiger partial charge in [-0.2, -0.15) is 0 Å². The van der Waals surface area contributed by atoms with E-state index in [0.717, 1.165) is 4.90 Å². The van der Waals surface area contributed by atoms with Crippen molar-refractivity contribution in [3.05, 3.63) is 35.4 Å². The fraction of sp³-hybridized carbons (Fsp3) is 0.231. The van der Waals surface area contributed by atoms with Crippen LogP contribution in [0.4, 0.5) is 0 Å². The normalized spacial score (nSPS) is 14.9. The molecule has 1 aliphatic heterocycles. The number of esters is 1. The summed E-state index contributed by atoms with van der Waals surface area (Å²) in [6.07, 6.45) is -1.11.